The number of rotatable bonds is 4. The lowest BCUT2D eigenvalue weighted by atomic mass is 10.2. The van der Waals surface area contributed by atoms with Gasteiger partial charge in [-0.1, -0.05) is 6.92 Å². The molecule has 0 saturated carbocycles. The molecule has 0 rings (SSSR count). The van der Waals surface area contributed by atoms with Crippen molar-refractivity contribution in [3.8, 4) is 0 Å². The SMILES string of the molecule is CCC(C)NCC(C)Cl. The van der Waals surface area contributed by atoms with Gasteiger partial charge in [0.05, 0.1) is 0 Å². The summed E-state index contributed by atoms with van der Waals surface area (Å²) >= 11 is 5.72. The van der Waals surface area contributed by atoms with Gasteiger partial charge in [0.2, 0.25) is 0 Å². The molecular weight excluding hydrogens is 134 g/mol. The topological polar surface area (TPSA) is 12.0 Å². The summed E-state index contributed by atoms with van der Waals surface area (Å²) in [6.07, 6.45) is 1.17. The zero-order valence-electron chi connectivity index (χ0n) is 6.45. The van der Waals surface area contributed by atoms with E-state index in [1.165, 1.54) is 6.42 Å². The third kappa shape index (κ3) is 6.13. The van der Waals surface area contributed by atoms with Crippen molar-refractivity contribution in [1.29, 1.82) is 0 Å². The van der Waals surface area contributed by atoms with Crippen LogP contribution in [0, 0.1) is 0 Å². The van der Waals surface area contributed by atoms with Crippen LogP contribution in [0.25, 0.3) is 0 Å². The summed E-state index contributed by atoms with van der Waals surface area (Å²) in [6, 6.07) is 0.603. The molecule has 56 valence electrons. The molecule has 0 amide bonds. The molecular formula is C7H16ClN. The van der Waals surface area contributed by atoms with E-state index in [1.807, 2.05) is 6.92 Å². The monoisotopic (exact) mass is 149 g/mol. The van der Waals surface area contributed by atoms with E-state index in [0.29, 0.717) is 6.04 Å². The Morgan fingerprint density at radius 3 is 2.33 bits per heavy atom. The molecule has 0 heterocycles. The highest BCUT2D eigenvalue weighted by atomic mass is 35.5. The summed E-state index contributed by atoms with van der Waals surface area (Å²) in [5, 5.41) is 3.55. The molecule has 1 N–H and O–H groups in total. The third-order valence-corrected chi connectivity index (χ3v) is 1.51. The number of hydrogen-bond acceptors (Lipinski definition) is 1. The number of nitrogens with one attached hydrogen (secondary N) is 1. The van der Waals surface area contributed by atoms with Gasteiger partial charge >= 0.3 is 0 Å². The fraction of sp³-hybridized carbons (Fsp3) is 1.00. The molecule has 0 saturated heterocycles. The molecule has 0 fully saturated rings. The van der Waals surface area contributed by atoms with E-state index < -0.39 is 0 Å². The fourth-order valence-corrected chi connectivity index (χ4v) is 0.597. The van der Waals surface area contributed by atoms with Crippen molar-refractivity contribution in [2.75, 3.05) is 6.54 Å². The first-order valence-corrected chi connectivity index (χ1v) is 3.98. The summed E-state index contributed by atoms with van der Waals surface area (Å²) in [6.45, 7) is 7.24. The fourth-order valence-electron chi connectivity index (χ4n) is 0.508. The van der Waals surface area contributed by atoms with Crippen molar-refractivity contribution < 1.29 is 0 Å². The Hall–Kier alpha value is 0.250. The second-order valence-electron chi connectivity index (χ2n) is 2.50. The van der Waals surface area contributed by atoms with Crippen LogP contribution < -0.4 is 5.32 Å². The maximum atomic E-state index is 5.72. The molecule has 0 aliphatic carbocycles. The standard InChI is InChI=1S/C7H16ClN/c1-4-7(3)9-5-6(2)8/h6-7,9H,4-5H2,1-3H3. The lowest BCUT2D eigenvalue weighted by molar-refractivity contribution is 0.535. The number of hydrogen-bond donors (Lipinski definition) is 1. The minimum atomic E-state index is 0.249. The highest BCUT2D eigenvalue weighted by Gasteiger charge is 1.98. The molecule has 0 radical (unpaired) electrons. The first-order chi connectivity index (χ1) is 4.16. The lowest BCUT2D eigenvalue weighted by Crippen LogP contribution is -2.29. The van der Waals surface area contributed by atoms with Crippen LogP contribution in [0.4, 0.5) is 0 Å². The zero-order chi connectivity index (χ0) is 7.28. The van der Waals surface area contributed by atoms with Crippen LogP contribution in [0.1, 0.15) is 27.2 Å². The van der Waals surface area contributed by atoms with Gasteiger partial charge in [-0.3, -0.25) is 0 Å². The van der Waals surface area contributed by atoms with Crippen LogP contribution in [0.3, 0.4) is 0 Å². The van der Waals surface area contributed by atoms with Crippen molar-refractivity contribution in [2.24, 2.45) is 0 Å². The van der Waals surface area contributed by atoms with E-state index in [-0.39, 0.29) is 5.38 Å². The average Bonchev–Trinajstić information content (AvgIpc) is 1.83. The Morgan fingerprint density at radius 1 is 1.44 bits per heavy atom. The van der Waals surface area contributed by atoms with Gasteiger partial charge in [0.15, 0.2) is 0 Å². The Morgan fingerprint density at radius 2 is 2.00 bits per heavy atom. The molecule has 0 aliphatic heterocycles. The number of halogens is 1. The zero-order valence-corrected chi connectivity index (χ0v) is 7.20. The van der Waals surface area contributed by atoms with E-state index >= 15 is 0 Å². The molecule has 2 unspecified atom stereocenters. The van der Waals surface area contributed by atoms with E-state index in [1.54, 1.807) is 0 Å². The Balaban J connectivity index is 3.06. The smallest absolute Gasteiger partial charge is 0.0432 e. The highest BCUT2D eigenvalue weighted by molar-refractivity contribution is 6.20. The van der Waals surface area contributed by atoms with Crippen molar-refractivity contribution in [2.45, 2.75) is 38.6 Å². The second-order valence-corrected chi connectivity index (χ2v) is 3.24. The molecule has 0 bridgehead atoms. The molecule has 0 aliphatic rings. The average molecular weight is 150 g/mol. The first kappa shape index (κ1) is 9.25. The van der Waals surface area contributed by atoms with Gasteiger partial charge in [0.25, 0.3) is 0 Å². The van der Waals surface area contributed by atoms with Gasteiger partial charge in [-0.05, 0) is 20.3 Å². The van der Waals surface area contributed by atoms with E-state index in [4.69, 9.17) is 11.6 Å². The highest BCUT2D eigenvalue weighted by Crippen LogP contribution is 1.92. The predicted octanol–water partition coefficient (Wildman–Crippen LogP) is 2.00. The summed E-state index contributed by atoms with van der Waals surface area (Å²) in [5.74, 6) is 0. The van der Waals surface area contributed by atoms with Crippen molar-refractivity contribution in [3.63, 3.8) is 0 Å². The maximum Gasteiger partial charge on any atom is 0.0432 e. The minimum absolute atomic E-state index is 0.249. The van der Waals surface area contributed by atoms with Gasteiger partial charge in [-0.2, -0.15) is 0 Å². The third-order valence-electron chi connectivity index (χ3n) is 1.36. The Labute approximate surface area is 62.8 Å². The van der Waals surface area contributed by atoms with Crippen LogP contribution in [-0.2, 0) is 0 Å². The minimum Gasteiger partial charge on any atom is -0.313 e. The van der Waals surface area contributed by atoms with Crippen LogP contribution in [0.15, 0.2) is 0 Å². The van der Waals surface area contributed by atoms with Gasteiger partial charge < -0.3 is 5.32 Å². The lowest BCUT2D eigenvalue weighted by Gasteiger charge is -2.11. The second kappa shape index (κ2) is 5.07. The van der Waals surface area contributed by atoms with Crippen molar-refractivity contribution >= 4 is 11.6 Å². The van der Waals surface area contributed by atoms with Crippen molar-refractivity contribution in [1.82, 2.24) is 5.32 Å². The predicted molar refractivity (Wildman–Crippen MR) is 43.1 cm³/mol. The molecule has 0 aromatic carbocycles. The first-order valence-electron chi connectivity index (χ1n) is 3.54. The quantitative estimate of drug-likeness (QED) is 0.603. The maximum absolute atomic E-state index is 5.72. The number of alkyl halides is 1. The molecule has 0 spiro atoms. The molecule has 0 aromatic heterocycles. The van der Waals surface area contributed by atoms with Gasteiger partial charge in [-0.15, -0.1) is 11.6 Å². The van der Waals surface area contributed by atoms with Crippen LogP contribution >= 0.6 is 11.6 Å². The molecule has 2 atom stereocenters. The van der Waals surface area contributed by atoms with Crippen LogP contribution in [0.5, 0.6) is 0 Å². The van der Waals surface area contributed by atoms with Gasteiger partial charge in [0.1, 0.15) is 0 Å². The van der Waals surface area contributed by atoms with E-state index in [9.17, 15) is 0 Å². The van der Waals surface area contributed by atoms with Gasteiger partial charge in [0, 0.05) is 18.0 Å². The molecule has 2 heteroatoms. The summed E-state index contributed by atoms with van der Waals surface area (Å²) in [5.41, 5.74) is 0. The van der Waals surface area contributed by atoms with Crippen molar-refractivity contribution in [3.05, 3.63) is 0 Å². The molecule has 9 heavy (non-hydrogen) atoms. The van der Waals surface area contributed by atoms with Gasteiger partial charge in [-0.25, -0.2) is 0 Å². The van der Waals surface area contributed by atoms with E-state index in [2.05, 4.69) is 19.2 Å². The van der Waals surface area contributed by atoms with Crippen LogP contribution in [-0.4, -0.2) is 18.0 Å². The largest absolute Gasteiger partial charge is 0.313 e. The van der Waals surface area contributed by atoms with Crippen LogP contribution in [0.2, 0.25) is 0 Å². The normalized spacial score (nSPS) is 17.3. The Bertz CT molecular complexity index is 63.9. The summed E-state index contributed by atoms with van der Waals surface area (Å²) in [4.78, 5) is 0. The summed E-state index contributed by atoms with van der Waals surface area (Å²) < 4.78 is 0. The van der Waals surface area contributed by atoms with E-state index in [0.717, 1.165) is 6.54 Å². The summed E-state index contributed by atoms with van der Waals surface area (Å²) in [7, 11) is 0. The molecule has 1 nitrogen and oxygen atoms in total. The molecule has 0 aromatic rings. The Kier molecular flexibility index (Phi) is 5.21.